The first kappa shape index (κ1) is 7.25. The molecule has 0 saturated carbocycles. The number of hydrogen-bond donors (Lipinski definition) is 1. The Labute approximate surface area is 60.5 Å². The second-order valence-corrected chi connectivity index (χ2v) is 2.47. The SMILES string of the molecule is CCC1(CC)N=CNC1=O. The van der Waals surface area contributed by atoms with Gasteiger partial charge in [0.15, 0.2) is 0 Å². The van der Waals surface area contributed by atoms with Crippen molar-refractivity contribution >= 4 is 12.2 Å². The van der Waals surface area contributed by atoms with Gasteiger partial charge in [-0.05, 0) is 12.8 Å². The highest BCUT2D eigenvalue weighted by Gasteiger charge is 2.36. The molecule has 1 N–H and O–H groups in total. The van der Waals surface area contributed by atoms with Gasteiger partial charge in [-0.15, -0.1) is 0 Å². The molecule has 0 spiro atoms. The molecule has 0 aromatic carbocycles. The van der Waals surface area contributed by atoms with Crippen molar-refractivity contribution in [3.05, 3.63) is 0 Å². The van der Waals surface area contributed by atoms with Crippen LogP contribution >= 0.6 is 0 Å². The maximum Gasteiger partial charge on any atom is 0.253 e. The Hall–Kier alpha value is -0.860. The van der Waals surface area contributed by atoms with Gasteiger partial charge < -0.3 is 5.32 Å². The van der Waals surface area contributed by atoms with E-state index >= 15 is 0 Å². The van der Waals surface area contributed by atoms with Crippen molar-refractivity contribution in [3.63, 3.8) is 0 Å². The molecule has 0 aromatic heterocycles. The van der Waals surface area contributed by atoms with Crippen LogP contribution in [0.4, 0.5) is 0 Å². The molecule has 1 amide bonds. The van der Waals surface area contributed by atoms with Gasteiger partial charge >= 0.3 is 0 Å². The number of rotatable bonds is 2. The number of nitrogens with zero attached hydrogens (tertiary/aromatic N) is 1. The maximum absolute atomic E-state index is 11.1. The molecule has 1 aliphatic heterocycles. The normalized spacial score (nSPS) is 21.2. The van der Waals surface area contributed by atoms with Crippen LogP contribution in [-0.2, 0) is 4.79 Å². The molecule has 3 nitrogen and oxygen atoms in total. The minimum absolute atomic E-state index is 0.0394. The molecule has 0 bridgehead atoms. The molecule has 0 aromatic rings. The van der Waals surface area contributed by atoms with E-state index in [1.807, 2.05) is 13.8 Å². The van der Waals surface area contributed by atoms with Crippen LogP contribution in [0.1, 0.15) is 26.7 Å². The number of amides is 1. The molecule has 56 valence electrons. The summed E-state index contributed by atoms with van der Waals surface area (Å²) < 4.78 is 0. The van der Waals surface area contributed by atoms with Gasteiger partial charge in [-0.3, -0.25) is 9.79 Å². The van der Waals surface area contributed by atoms with Crippen LogP contribution in [0.15, 0.2) is 4.99 Å². The Kier molecular flexibility index (Phi) is 1.74. The lowest BCUT2D eigenvalue weighted by Crippen LogP contribution is -2.37. The van der Waals surface area contributed by atoms with Crippen molar-refractivity contribution in [3.8, 4) is 0 Å². The van der Waals surface area contributed by atoms with E-state index in [4.69, 9.17) is 0 Å². The predicted octanol–water partition coefficient (Wildman–Crippen LogP) is 0.703. The van der Waals surface area contributed by atoms with Gasteiger partial charge in [0.1, 0.15) is 5.54 Å². The van der Waals surface area contributed by atoms with Gasteiger partial charge in [-0.25, -0.2) is 0 Å². The van der Waals surface area contributed by atoms with Crippen molar-refractivity contribution < 1.29 is 4.79 Å². The first-order chi connectivity index (χ1) is 4.75. The van der Waals surface area contributed by atoms with Crippen LogP contribution in [0.3, 0.4) is 0 Å². The lowest BCUT2D eigenvalue weighted by Gasteiger charge is -2.18. The molecule has 0 unspecified atom stereocenters. The van der Waals surface area contributed by atoms with E-state index in [1.54, 1.807) is 0 Å². The molecule has 10 heavy (non-hydrogen) atoms. The van der Waals surface area contributed by atoms with Gasteiger partial charge in [0.2, 0.25) is 0 Å². The Balaban J connectivity index is 2.81. The average molecular weight is 140 g/mol. The lowest BCUT2D eigenvalue weighted by molar-refractivity contribution is -0.123. The fraction of sp³-hybridized carbons (Fsp3) is 0.714. The largest absolute Gasteiger partial charge is 0.315 e. The Morgan fingerprint density at radius 2 is 2.20 bits per heavy atom. The Bertz CT molecular complexity index is 170. The molecule has 1 rings (SSSR count). The molecule has 1 heterocycles. The van der Waals surface area contributed by atoms with Gasteiger partial charge in [-0.1, -0.05) is 13.8 Å². The summed E-state index contributed by atoms with van der Waals surface area (Å²) in [6.07, 6.45) is 3.06. The zero-order valence-electron chi connectivity index (χ0n) is 6.35. The van der Waals surface area contributed by atoms with Crippen molar-refractivity contribution in [1.29, 1.82) is 0 Å². The molecule has 0 fully saturated rings. The van der Waals surface area contributed by atoms with Crippen molar-refractivity contribution in [2.24, 2.45) is 4.99 Å². The minimum atomic E-state index is -0.444. The summed E-state index contributed by atoms with van der Waals surface area (Å²) in [5, 5.41) is 2.58. The second-order valence-electron chi connectivity index (χ2n) is 2.47. The zero-order valence-corrected chi connectivity index (χ0v) is 6.35. The van der Waals surface area contributed by atoms with Crippen molar-refractivity contribution in [2.45, 2.75) is 32.2 Å². The van der Waals surface area contributed by atoms with Gasteiger partial charge in [0.25, 0.3) is 5.91 Å². The summed E-state index contributed by atoms with van der Waals surface area (Å²) in [6.45, 7) is 3.96. The topological polar surface area (TPSA) is 41.5 Å². The minimum Gasteiger partial charge on any atom is -0.315 e. The van der Waals surface area contributed by atoms with Gasteiger partial charge in [0.05, 0.1) is 6.34 Å². The van der Waals surface area contributed by atoms with E-state index in [0.717, 1.165) is 12.8 Å². The fourth-order valence-corrected chi connectivity index (χ4v) is 1.16. The predicted molar refractivity (Wildman–Crippen MR) is 39.9 cm³/mol. The van der Waals surface area contributed by atoms with Crippen molar-refractivity contribution in [1.82, 2.24) is 5.32 Å². The molecule has 3 heteroatoms. The van der Waals surface area contributed by atoms with Crippen LogP contribution in [0, 0.1) is 0 Å². The quantitative estimate of drug-likeness (QED) is 0.602. The molecule has 1 aliphatic rings. The summed E-state index contributed by atoms with van der Waals surface area (Å²) in [5.74, 6) is 0.0394. The van der Waals surface area contributed by atoms with E-state index in [9.17, 15) is 4.79 Å². The number of nitrogens with one attached hydrogen (secondary N) is 1. The van der Waals surface area contributed by atoms with Gasteiger partial charge in [0, 0.05) is 0 Å². The van der Waals surface area contributed by atoms with Crippen LogP contribution in [0.25, 0.3) is 0 Å². The van der Waals surface area contributed by atoms with Crippen molar-refractivity contribution in [2.75, 3.05) is 0 Å². The highest BCUT2D eigenvalue weighted by molar-refractivity contribution is 5.99. The summed E-state index contributed by atoms with van der Waals surface area (Å²) in [5.41, 5.74) is -0.444. The zero-order chi connectivity index (χ0) is 7.61. The smallest absolute Gasteiger partial charge is 0.253 e. The maximum atomic E-state index is 11.1. The van der Waals surface area contributed by atoms with E-state index in [2.05, 4.69) is 10.3 Å². The fourth-order valence-electron chi connectivity index (χ4n) is 1.16. The van der Waals surface area contributed by atoms with Crippen LogP contribution in [-0.4, -0.2) is 17.8 Å². The Morgan fingerprint density at radius 1 is 1.60 bits per heavy atom. The van der Waals surface area contributed by atoms with E-state index in [0.29, 0.717) is 0 Å². The number of carbonyl (C=O) groups is 1. The molecular formula is C7H12N2O. The highest BCUT2D eigenvalue weighted by atomic mass is 16.2. The third-order valence-electron chi connectivity index (χ3n) is 2.10. The lowest BCUT2D eigenvalue weighted by atomic mass is 9.94. The van der Waals surface area contributed by atoms with Gasteiger partial charge in [-0.2, -0.15) is 0 Å². The number of carbonyl (C=O) groups excluding carboxylic acids is 1. The first-order valence-electron chi connectivity index (χ1n) is 3.60. The van der Waals surface area contributed by atoms with E-state index in [1.165, 1.54) is 6.34 Å². The summed E-state index contributed by atoms with van der Waals surface area (Å²) >= 11 is 0. The average Bonchev–Trinajstić information content (AvgIpc) is 2.32. The summed E-state index contributed by atoms with van der Waals surface area (Å²) in [4.78, 5) is 15.2. The molecular weight excluding hydrogens is 128 g/mol. The van der Waals surface area contributed by atoms with E-state index < -0.39 is 5.54 Å². The standard InChI is InChI=1S/C7H12N2O/c1-3-7(4-2)6(10)8-5-9-7/h5H,3-4H2,1-2H3,(H,8,9,10). The summed E-state index contributed by atoms with van der Waals surface area (Å²) in [7, 11) is 0. The third kappa shape index (κ3) is 0.818. The van der Waals surface area contributed by atoms with Crippen LogP contribution in [0.2, 0.25) is 0 Å². The summed E-state index contributed by atoms with van der Waals surface area (Å²) in [6, 6.07) is 0. The Morgan fingerprint density at radius 3 is 2.40 bits per heavy atom. The highest BCUT2D eigenvalue weighted by Crippen LogP contribution is 2.22. The monoisotopic (exact) mass is 140 g/mol. The molecule has 0 saturated heterocycles. The third-order valence-corrected chi connectivity index (χ3v) is 2.10. The molecule has 0 radical (unpaired) electrons. The van der Waals surface area contributed by atoms with E-state index in [-0.39, 0.29) is 5.91 Å². The molecule has 0 aliphatic carbocycles. The molecule has 0 atom stereocenters. The number of hydrogen-bond acceptors (Lipinski definition) is 2. The first-order valence-corrected chi connectivity index (χ1v) is 3.60. The van der Waals surface area contributed by atoms with Crippen LogP contribution < -0.4 is 5.32 Å². The van der Waals surface area contributed by atoms with Crippen LogP contribution in [0.5, 0.6) is 0 Å². The second kappa shape index (κ2) is 2.40. The number of aliphatic imine (C=N–C) groups is 1.